The second kappa shape index (κ2) is 7.01. The van der Waals surface area contributed by atoms with Gasteiger partial charge in [-0.05, 0) is 38.2 Å². The van der Waals surface area contributed by atoms with Crippen molar-refractivity contribution < 1.29 is 0 Å². The molecule has 0 spiro atoms. The third-order valence-electron chi connectivity index (χ3n) is 3.25. The van der Waals surface area contributed by atoms with Gasteiger partial charge in [-0.15, -0.1) is 11.8 Å². The first-order valence-electron chi connectivity index (χ1n) is 6.15. The van der Waals surface area contributed by atoms with Crippen LogP contribution in [0.15, 0.2) is 23.1 Å². The van der Waals surface area contributed by atoms with Crippen molar-refractivity contribution in [2.45, 2.75) is 17.4 Å². The summed E-state index contributed by atoms with van der Waals surface area (Å²) in [7, 11) is 2.19. The molecule has 0 aromatic heterocycles. The van der Waals surface area contributed by atoms with Crippen LogP contribution in [0.5, 0.6) is 0 Å². The Morgan fingerprint density at radius 3 is 3.00 bits per heavy atom. The maximum absolute atomic E-state index is 6.14. The number of nitrogens with one attached hydrogen (secondary N) is 1. The third kappa shape index (κ3) is 4.04. The minimum atomic E-state index is 0.681. The van der Waals surface area contributed by atoms with Gasteiger partial charge in [0.25, 0.3) is 0 Å². The van der Waals surface area contributed by atoms with Crippen LogP contribution < -0.4 is 5.32 Å². The molecular formula is C13H18Cl2N2S. The fourth-order valence-electron chi connectivity index (χ4n) is 2.09. The highest BCUT2D eigenvalue weighted by molar-refractivity contribution is 7.99. The van der Waals surface area contributed by atoms with Crippen LogP contribution >= 0.6 is 35.0 Å². The largest absolute Gasteiger partial charge is 0.315 e. The van der Waals surface area contributed by atoms with Gasteiger partial charge in [0, 0.05) is 34.8 Å². The molecule has 0 bridgehead atoms. The van der Waals surface area contributed by atoms with E-state index in [-0.39, 0.29) is 0 Å². The van der Waals surface area contributed by atoms with E-state index < -0.39 is 0 Å². The van der Waals surface area contributed by atoms with Gasteiger partial charge in [-0.25, -0.2) is 0 Å². The standard InChI is InChI=1S/C13H18Cl2N2S/c1-17(11-4-5-16-9-11)6-7-18-13-8-10(14)2-3-12(13)15/h2-3,8,11,16H,4-7,9H2,1H3. The number of rotatable bonds is 5. The van der Waals surface area contributed by atoms with Gasteiger partial charge < -0.3 is 10.2 Å². The summed E-state index contributed by atoms with van der Waals surface area (Å²) in [6.45, 7) is 3.32. The molecule has 1 fully saturated rings. The number of likely N-dealkylation sites (N-methyl/N-ethyl adjacent to an activating group) is 1. The fourth-order valence-corrected chi connectivity index (χ4v) is 3.62. The van der Waals surface area contributed by atoms with E-state index in [1.165, 1.54) is 6.42 Å². The van der Waals surface area contributed by atoms with Gasteiger partial charge in [0.1, 0.15) is 0 Å². The lowest BCUT2D eigenvalue weighted by atomic mass is 10.2. The highest BCUT2D eigenvalue weighted by Gasteiger charge is 2.18. The van der Waals surface area contributed by atoms with Gasteiger partial charge in [-0.3, -0.25) is 0 Å². The van der Waals surface area contributed by atoms with Gasteiger partial charge in [0.15, 0.2) is 0 Å². The van der Waals surface area contributed by atoms with Crippen molar-refractivity contribution in [3.05, 3.63) is 28.2 Å². The number of halogens is 2. The van der Waals surface area contributed by atoms with Crippen LogP contribution in [0.1, 0.15) is 6.42 Å². The lowest BCUT2D eigenvalue weighted by Crippen LogP contribution is -2.34. The zero-order valence-electron chi connectivity index (χ0n) is 10.5. The van der Waals surface area contributed by atoms with Gasteiger partial charge in [-0.1, -0.05) is 23.2 Å². The van der Waals surface area contributed by atoms with Crippen LogP contribution in [0.2, 0.25) is 10.0 Å². The molecule has 1 saturated heterocycles. The summed E-state index contributed by atoms with van der Waals surface area (Å²) in [6, 6.07) is 6.30. The van der Waals surface area contributed by atoms with E-state index in [0.717, 1.165) is 40.3 Å². The minimum absolute atomic E-state index is 0.681. The molecule has 1 aromatic carbocycles. The van der Waals surface area contributed by atoms with Crippen molar-refractivity contribution in [2.75, 3.05) is 32.4 Å². The molecule has 0 amide bonds. The molecule has 1 aliphatic rings. The molecule has 1 aromatic rings. The van der Waals surface area contributed by atoms with Crippen LogP contribution in [0.3, 0.4) is 0 Å². The maximum atomic E-state index is 6.14. The molecule has 18 heavy (non-hydrogen) atoms. The lowest BCUT2D eigenvalue weighted by Gasteiger charge is -2.23. The minimum Gasteiger partial charge on any atom is -0.315 e. The number of benzene rings is 1. The summed E-state index contributed by atoms with van der Waals surface area (Å²) in [4.78, 5) is 3.49. The lowest BCUT2D eigenvalue weighted by molar-refractivity contribution is 0.273. The van der Waals surface area contributed by atoms with Crippen LogP contribution in [-0.2, 0) is 0 Å². The first-order valence-corrected chi connectivity index (χ1v) is 7.90. The molecule has 1 unspecified atom stereocenters. The Kier molecular flexibility index (Phi) is 5.64. The molecule has 0 radical (unpaired) electrons. The predicted octanol–water partition coefficient (Wildman–Crippen LogP) is 3.38. The second-order valence-corrected chi connectivity index (χ2v) is 6.53. The first kappa shape index (κ1) is 14.5. The summed E-state index contributed by atoms with van der Waals surface area (Å²) in [6.07, 6.45) is 1.25. The number of nitrogens with zero attached hydrogens (tertiary/aromatic N) is 1. The quantitative estimate of drug-likeness (QED) is 0.840. The summed E-state index contributed by atoms with van der Waals surface area (Å²) in [5.74, 6) is 1.03. The molecule has 1 atom stereocenters. The highest BCUT2D eigenvalue weighted by Crippen LogP contribution is 2.29. The van der Waals surface area contributed by atoms with Crippen molar-refractivity contribution in [2.24, 2.45) is 0 Å². The summed E-state index contributed by atoms with van der Waals surface area (Å²) < 4.78 is 0. The van der Waals surface area contributed by atoms with Crippen LogP contribution in [0.4, 0.5) is 0 Å². The molecule has 100 valence electrons. The Morgan fingerprint density at radius 1 is 1.44 bits per heavy atom. The summed E-state index contributed by atoms with van der Waals surface area (Å²) >= 11 is 13.9. The molecule has 1 N–H and O–H groups in total. The SMILES string of the molecule is CN(CCSc1cc(Cl)ccc1Cl)C1CCNC1. The molecule has 1 aliphatic heterocycles. The third-order valence-corrected chi connectivity index (χ3v) is 4.96. The zero-order chi connectivity index (χ0) is 13.0. The Hall–Kier alpha value is 0.0700. The Bertz CT molecular complexity index is 395. The summed E-state index contributed by atoms with van der Waals surface area (Å²) in [5.41, 5.74) is 0. The predicted molar refractivity (Wildman–Crippen MR) is 81.1 cm³/mol. The monoisotopic (exact) mass is 304 g/mol. The second-order valence-electron chi connectivity index (χ2n) is 4.55. The van der Waals surface area contributed by atoms with Gasteiger partial charge in [0.05, 0.1) is 5.02 Å². The summed E-state index contributed by atoms with van der Waals surface area (Å²) in [5, 5.41) is 4.92. The number of thioether (sulfide) groups is 1. The fraction of sp³-hybridized carbons (Fsp3) is 0.538. The van der Waals surface area contributed by atoms with Crippen molar-refractivity contribution >= 4 is 35.0 Å². The van der Waals surface area contributed by atoms with E-state index in [2.05, 4.69) is 17.3 Å². The highest BCUT2D eigenvalue weighted by atomic mass is 35.5. The van der Waals surface area contributed by atoms with Gasteiger partial charge in [0.2, 0.25) is 0 Å². The molecule has 2 rings (SSSR count). The van der Waals surface area contributed by atoms with Crippen molar-refractivity contribution in [1.29, 1.82) is 0 Å². The average Bonchev–Trinajstić information content (AvgIpc) is 2.87. The number of hydrogen-bond donors (Lipinski definition) is 1. The van der Waals surface area contributed by atoms with Crippen molar-refractivity contribution in [3.8, 4) is 0 Å². The first-order chi connectivity index (χ1) is 8.66. The molecular weight excluding hydrogens is 287 g/mol. The topological polar surface area (TPSA) is 15.3 Å². The molecule has 5 heteroatoms. The van der Waals surface area contributed by atoms with Crippen molar-refractivity contribution in [3.63, 3.8) is 0 Å². The van der Waals surface area contributed by atoms with E-state index in [4.69, 9.17) is 23.2 Å². The molecule has 2 nitrogen and oxygen atoms in total. The molecule has 0 aliphatic carbocycles. The van der Waals surface area contributed by atoms with Crippen LogP contribution in [0, 0.1) is 0 Å². The average molecular weight is 305 g/mol. The normalized spacial score (nSPS) is 19.7. The van der Waals surface area contributed by atoms with Crippen LogP contribution in [-0.4, -0.2) is 43.4 Å². The van der Waals surface area contributed by atoms with Crippen LogP contribution in [0.25, 0.3) is 0 Å². The van der Waals surface area contributed by atoms with Crippen molar-refractivity contribution in [1.82, 2.24) is 10.2 Å². The number of hydrogen-bond acceptors (Lipinski definition) is 3. The molecule has 1 heterocycles. The Morgan fingerprint density at radius 2 is 2.28 bits per heavy atom. The Balaban J connectivity index is 1.79. The van der Waals surface area contributed by atoms with Gasteiger partial charge in [-0.2, -0.15) is 0 Å². The maximum Gasteiger partial charge on any atom is 0.0542 e. The molecule has 0 saturated carbocycles. The van der Waals surface area contributed by atoms with E-state index in [0.29, 0.717) is 6.04 Å². The Labute approximate surface area is 123 Å². The van der Waals surface area contributed by atoms with Gasteiger partial charge >= 0.3 is 0 Å². The van der Waals surface area contributed by atoms with E-state index in [1.807, 2.05) is 18.2 Å². The van der Waals surface area contributed by atoms with E-state index in [9.17, 15) is 0 Å². The zero-order valence-corrected chi connectivity index (χ0v) is 12.8. The van der Waals surface area contributed by atoms with E-state index in [1.54, 1.807) is 11.8 Å². The van der Waals surface area contributed by atoms with E-state index >= 15 is 0 Å². The smallest absolute Gasteiger partial charge is 0.0542 e.